The maximum Gasteiger partial charge on any atom is 0.0606 e. The van der Waals surface area contributed by atoms with Gasteiger partial charge in [-0.15, -0.1) is 5.17 Å². The fraction of sp³-hybridized carbons (Fsp3) is 1.00. The fourth-order valence-electron chi connectivity index (χ4n) is 0.689. The molecule has 66 valence electrons. The van der Waals surface area contributed by atoms with Gasteiger partial charge >= 0.3 is 0 Å². The first-order valence-electron chi connectivity index (χ1n) is 3.52. The molecular formula is C6H17N3OU. The molecular weight excluding hydrogens is 368 g/mol. The smallest absolute Gasteiger partial charge is 0.0606 e. The molecule has 0 aromatic heterocycles. The zero-order chi connectivity index (χ0) is 8.20. The monoisotopic (exact) mass is 385 g/mol. The van der Waals surface area contributed by atoms with E-state index in [1.807, 2.05) is 20.8 Å². The van der Waals surface area contributed by atoms with Crippen molar-refractivity contribution in [3.63, 3.8) is 0 Å². The van der Waals surface area contributed by atoms with E-state index in [2.05, 4.69) is 4.94 Å². The Morgan fingerprint density at radius 3 is 1.82 bits per heavy atom. The normalized spacial score (nSPS) is 11.5. The Balaban J connectivity index is 0. The summed E-state index contributed by atoms with van der Waals surface area (Å²) in [6.45, 7) is 6.09. The third kappa shape index (κ3) is 3.88. The molecule has 0 heterocycles. The molecule has 0 bridgehead atoms. The number of hydrogen-bond donors (Lipinski definition) is 2. The predicted molar refractivity (Wildman–Crippen MR) is 40.3 cm³/mol. The van der Waals surface area contributed by atoms with E-state index in [0.717, 1.165) is 12.8 Å². The maximum atomic E-state index is 5.46. The molecule has 0 aromatic carbocycles. The molecule has 0 aromatic rings. The average molecular weight is 385 g/mol. The van der Waals surface area contributed by atoms with Gasteiger partial charge in [-0.1, -0.05) is 13.8 Å². The largest absolute Gasteiger partial charge is 0.243 e. The van der Waals surface area contributed by atoms with Crippen molar-refractivity contribution in [3.8, 4) is 0 Å². The summed E-state index contributed by atoms with van der Waals surface area (Å²) in [6, 6.07) is 0. The van der Waals surface area contributed by atoms with E-state index in [-0.39, 0.29) is 36.7 Å². The molecule has 0 atom stereocenters. The molecule has 4 nitrogen and oxygen atoms in total. The third-order valence-electron chi connectivity index (χ3n) is 2.17. The molecule has 0 aliphatic carbocycles. The zero-order valence-electron chi connectivity index (χ0n) is 7.42. The van der Waals surface area contributed by atoms with Crippen LogP contribution in [0.3, 0.4) is 0 Å². The van der Waals surface area contributed by atoms with Gasteiger partial charge in [0.25, 0.3) is 0 Å². The van der Waals surface area contributed by atoms with Crippen molar-refractivity contribution < 1.29 is 36.1 Å². The molecule has 0 rings (SSSR count). The van der Waals surface area contributed by atoms with Gasteiger partial charge in [-0.25, -0.2) is 5.84 Å². The van der Waals surface area contributed by atoms with Gasteiger partial charge in [-0.2, -0.15) is 10.8 Å². The van der Waals surface area contributed by atoms with E-state index in [1.54, 1.807) is 0 Å². The number of hydrazine groups is 1. The number of nitrogens with two attached hydrogens (primary N) is 2. The first-order valence-corrected chi connectivity index (χ1v) is 3.52. The standard InChI is InChI=1S/C6H17N3O.U/c1-4-6(3,5-2)9(7)10-8;/h4-5,7-8H2,1-3H3;. The Morgan fingerprint density at radius 1 is 1.36 bits per heavy atom. The number of hydroxylamine groups is 1. The maximum absolute atomic E-state index is 5.46. The topological polar surface area (TPSA) is 64.5 Å². The molecule has 0 unspecified atom stereocenters. The van der Waals surface area contributed by atoms with Gasteiger partial charge in [0.1, 0.15) is 0 Å². The Morgan fingerprint density at radius 2 is 1.73 bits per heavy atom. The van der Waals surface area contributed by atoms with Gasteiger partial charge in [-0.3, -0.25) is 0 Å². The van der Waals surface area contributed by atoms with Gasteiger partial charge in [0.2, 0.25) is 0 Å². The van der Waals surface area contributed by atoms with Gasteiger partial charge in [0.05, 0.1) is 5.54 Å². The number of hydrogen-bond acceptors (Lipinski definition) is 4. The molecule has 0 fully saturated rings. The van der Waals surface area contributed by atoms with Crippen LogP contribution in [-0.2, 0) is 4.94 Å². The summed E-state index contributed by atoms with van der Waals surface area (Å²) in [4.78, 5) is 4.41. The van der Waals surface area contributed by atoms with Crippen molar-refractivity contribution >= 4 is 0 Å². The molecule has 0 saturated carbocycles. The molecule has 4 N–H and O–H groups in total. The van der Waals surface area contributed by atoms with E-state index in [1.165, 1.54) is 5.17 Å². The first-order chi connectivity index (χ1) is 4.60. The molecule has 11 heavy (non-hydrogen) atoms. The first kappa shape index (κ1) is 14.4. The van der Waals surface area contributed by atoms with Crippen LogP contribution in [0, 0.1) is 31.1 Å². The van der Waals surface area contributed by atoms with Gasteiger partial charge < -0.3 is 0 Å². The molecule has 5 heteroatoms. The Kier molecular flexibility index (Phi) is 8.41. The molecule has 0 spiro atoms. The van der Waals surface area contributed by atoms with Crippen molar-refractivity contribution in [1.29, 1.82) is 0 Å². The quantitative estimate of drug-likeness (QED) is 0.548. The van der Waals surface area contributed by atoms with E-state index >= 15 is 0 Å². The van der Waals surface area contributed by atoms with E-state index in [9.17, 15) is 0 Å². The Labute approximate surface area is 91.9 Å². The van der Waals surface area contributed by atoms with Crippen LogP contribution in [0.25, 0.3) is 0 Å². The third-order valence-corrected chi connectivity index (χ3v) is 2.17. The summed E-state index contributed by atoms with van der Waals surface area (Å²) in [5, 5.41) is 1.20. The fourth-order valence-corrected chi connectivity index (χ4v) is 0.689. The van der Waals surface area contributed by atoms with Crippen molar-refractivity contribution in [3.05, 3.63) is 0 Å². The Hall–Kier alpha value is 0.892. The Bertz CT molecular complexity index is 97.8. The van der Waals surface area contributed by atoms with E-state index < -0.39 is 0 Å². The second-order valence-electron chi connectivity index (χ2n) is 2.64. The predicted octanol–water partition coefficient (Wildman–Crippen LogP) is 0.546. The summed E-state index contributed by atoms with van der Waals surface area (Å²) in [6.07, 6.45) is 1.83. The van der Waals surface area contributed by atoms with E-state index in [4.69, 9.17) is 11.7 Å². The molecule has 0 saturated heterocycles. The van der Waals surface area contributed by atoms with Crippen molar-refractivity contribution in [2.75, 3.05) is 0 Å². The van der Waals surface area contributed by atoms with Crippen LogP contribution >= 0.6 is 0 Å². The number of rotatable bonds is 4. The van der Waals surface area contributed by atoms with Crippen LogP contribution in [0.2, 0.25) is 0 Å². The second-order valence-corrected chi connectivity index (χ2v) is 2.64. The summed E-state index contributed by atoms with van der Waals surface area (Å²) >= 11 is 0. The summed E-state index contributed by atoms with van der Waals surface area (Å²) in [5.41, 5.74) is -0.144. The van der Waals surface area contributed by atoms with Crippen LogP contribution in [0.5, 0.6) is 0 Å². The summed E-state index contributed by atoms with van der Waals surface area (Å²) in [5.74, 6) is 10.4. The van der Waals surface area contributed by atoms with Crippen LogP contribution in [0.15, 0.2) is 0 Å². The summed E-state index contributed by atoms with van der Waals surface area (Å²) in [7, 11) is 0. The van der Waals surface area contributed by atoms with Crippen molar-refractivity contribution in [2.45, 2.75) is 39.2 Å². The minimum atomic E-state index is -0.144. The second kappa shape index (κ2) is 6.41. The van der Waals surface area contributed by atoms with Gasteiger partial charge in [-0.05, 0) is 19.8 Å². The van der Waals surface area contributed by atoms with Crippen molar-refractivity contribution in [2.24, 2.45) is 11.7 Å². The van der Waals surface area contributed by atoms with Gasteiger partial charge in [0, 0.05) is 31.1 Å². The van der Waals surface area contributed by atoms with Gasteiger partial charge in [0.15, 0.2) is 0 Å². The summed E-state index contributed by atoms with van der Waals surface area (Å²) < 4.78 is 0. The molecule has 0 aliphatic rings. The zero-order valence-corrected chi connectivity index (χ0v) is 11.6. The average Bonchev–Trinajstić information content (AvgIpc) is 2.01. The minimum absolute atomic E-state index is 0. The van der Waals surface area contributed by atoms with Crippen LogP contribution < -0.4 is 11.7 Å². The van der Waals surface area contributed by atoms with Crippen LogP contribution in [-0.4, -0.2) is 10.7 Å². The number of nitrogens with zero attached hydrogens (tertiary/aromatic N) is 1. The van der Waals surface area contributed by atoms with Crippen molar-refractivity contribution in [1.82, 2.24) is 5.17 Å². The SMILES string of the molecule is CCC(C)(CC)N(N)ON.[U]. The minimum Gasteiger partial charge on any atom is -0.243 e. The van der Waals surface area contributed by atoms with E-state index in [0.29, 0.717) is 0 Å². The van der Waals surface area contributed by atoms with Crippen LogP contribution in [0.1, 0.15) is 33.6 Å². The molecule has 0 aliphatic heterocycles. The molecule has 0 amide bonds. The molecule has 0 radical (unpaired) electrons. The van der Waals surface area contributed by atoms with Crippen LogP contribution in [0.4, 0.5) is 0 Å².